The van der Waals surface area contributed by atoms with Crippen LogP contribution in [0.25, 0.3) is 0 Å². The summed E-state index contributed by atoms with van der Waals surface area (Å²) < 4.78 is 10.5. The van der Waals surface area contributed by atoms with E-state index in [9.17, 15) is 4.79 Å². The maximum Gasteiger partial charge on any atom is 0.260 e. The van der Waals surface area contributed by atoms with Crippen LogP contribution in [0.3, 0.4) is 0 Å². The zero-order valence-electron chi connectivity index (χ0n) is 14.9. The Morgan fingerprint density at radius 3 is 2.59 bits per heavy atom. The van der Waals surface area contributed by atoms with E-state index in [-0.39, 0.29) is 5.91 Å². The molecule has 0 spiro atoms. The van der Waals surface area contributed by atoms with Crippen molar-refractivity contribution in [2.24, 2.45) is 4.99 Å². The molecule has 1 amide bonds. The number of ether oxygens (including phenoxy) is 2. The smallest absolute Gasteiger partial charge is 0.260 e. The monoisotopic (exact) mass is 424 g/mol. The van der Waals surface area contributed by atoms with Crippen LogP contribution in [0.1, 0.15) is 15.9 Å². The van der Waals surface area contributed by atoms with Gasteiger partial charge in [0.1, 0.15) is 0 Å². The van der Waals surface area contributed by atoms with E-state index in [1.165, 1.54) is 11.8 Å². The van der Waals surface area contributed by atoms with Crippen LogP contribution in [0.5, 0.6) is 11.5 Å². The van der Waals surface area contributed by atoms with E-state index in [0.29, 0.717) is 51.1 Å². The van der Waals surface area contributed by atoms with Gasteiger partial charge in [0, 0.05) is 17.9 Å². The van der Waals surface area contributed by atoms with Gasteiger partial charge in [-0.05, 0) is 35.9 Å². The summed E-state index contributed by atoms with van der Waals surface area (Å²) in [6.07, 6.45) is 0. The highest BCUT2D eigenvalue weighted by atomic mass is 35.5. The second kappa shape index (κ2) is 8.87. The van der Waals surface area contributed by atoms with Crippen LogP contribution in [0.15, 0.2) is 41.4 Å². The molecule has 2 aromatic carbocycles. The van der Waals surface area contributed by atoms with Crippen molar-refractivity contribution in [3.8, 4) is 11.5 Å². The van der Waals surface area contributed by atoms with E-state index in [4.69, 9.17) is 32.7 Å². The number of benzene rings is 2. The summed E-state index contributed by atoms with van der Waals surface area (Å²) in [5, 5.41) is 1.73. The Kier molecular flexibility index (Phi) is 6.52. The fraction of sp³-hybridized carbons (Fsp3) is 0.263. The average molecular weight is 425 g/mol. The lowest BCUT2D eigenvalue weighted by Gasteiger charge is -2.19. The molecular formula is C19H18Cl2N2O3S. The van der Waals surface area contributed by atoms with E-state index >= 15 is 0 Å². The van der Waals surface area contributed by atoms with Gasteiger partial charge in [0.05, 0.1) is 30.8 Å². The molecule has 0 aromatic heterocycles. The van der Waals surface area contributed by atoms with E-state index in [1.54, 1.807) is 43.4 Å². The summed E-state index contributed by atoms with van der Waals surface area (Å²) in [4.78, 5) is 19.1. The fourth-order valence-corrected chi connectivity index (χ4v) is 3.95. The van der Waals surface area contributed by atoms with Gasteiger partial charge in [0.25, 0.3) is 5.91 Å². The van der Waals surface area contributed by atoms with E-state index in [0.717, 1.165) is 5.56 Å². The van der Waals surface area contributed by atoms with Gasteiger partial charge in [0.15, 0.2) is 16.7 Å². The first kappa shape index (κ1) is 19.9. The van der Waals surface area contributed by atoms with Gasteiger partial charge in [-0.2, -0.15) is 0 Å². The Hall–Kier alpha value is -1.89. The Bertz CT molecular complexity index is 889. The molecule has 0 saturated heterocycles. The van der Waals surface area contributed by atoms with E-state index in [2.05, 4.69) is 4.99 Å². The first-order valence-corrected chi connectivity index (χ1v) is 9.92. The molecular weight excluding hydrogens is 407 g/mol. The number of amidine groups is 1. The number of halogens is 2. The molecule has 5 nitrogen and oxygen atoms in total. The van der Waals surface area contributed by atoms with Crippen molar-refractivity contribution in [1.82, 2.24) is 4.90 Å². The van der Waals surface area contributed by atoms with Gasteiger partial charge in [-0.1, -0.05) is 41.0 Å². The number of aliphatic imine (C=N–C) groups is 1. The Balaban J connectivity index is 1.71. The van der Waals surface area contributed by atoms with Gasteiger partial charge in [0.2, 0.25) is 0 Å². The van der Waals surface area contributed by atoms with Crippen molar-refractivity contribution in [3.05, 3.63) is 57.6 Å². The third kappa shape index (κ3) is 4.51. The van der Waals surface area contributed by atoms with Gasteiger partial charge in [-0.3, -0.25) is 14.7 Å². The molecule has 8 heteroatoms. The second-order valence-electron chi connectivity index (χ2n) is 5.73. The van der Waals surface area contributed by atoms with E-state index < -0.39 is 0 Å². The predicted molar refractivity (Wildman–Crippen MR) is 111 cm³/mol. The first-order valence-electron chi connectivity index (χ1n) is 8.18. The highest BCUT2D eigenvalue weighted by Crippen LogP contribution is 2.30. The zero-order chi connectivity index (χ0) is 19.4. The summed E-state index contributed by atoms with van der Waals surface area (Å²) >= 11 is 13.5. The summed E-state index contributed by atoms with van der Waals surface area (Å²) in [6, 6.07) is 10.6. The zero-order valence-corrected chi connectivity index (χ0v) is 17.2. The second-order valence-corrected chi connectivity index (χ2v) is 7.48. The molecule has 142 valence electrons. The van der Waals surface area contributed by atoms with Crippen molar-refractivity contribution in [2.75, 3.05) is 27.3 Å². The molecule has 27 heavy (non-hydrogen) atoms. The molecule has 0 radical (unpaired) electrons. The van der Waals surface area contributed by atoms with Gasteiger partial charge in [-0.15, -0.1) is 0 Å². The fourth-order valence-electron chi connectivity index (χ4n) is 2.64. The SMILES string of the molecule is COc1ccc(C(=O)N2CCN=C2SCc2ccc(Cl)c(Cl)c2)cc1OC. The number of nitrogens with zero attached hydrogens (tertiary/aromatic N) is 2. The van der Waals surface area contributed by atoms with Crippen LogP contribution in [0.2, 0.25) is 10.0 Å². The summed E-state index contributed by atoms with van der Waals surface area (Å²) in [6.45, 7) is 1.14. The summed E-state index contributed by atoms with van der Waals surface area (Å²) in [7, 11) is 3.10. The van der Waals surface area contributed by atoms with Crippen LogP contribution in [0.4, 0.5) is 0 Å². The van der Waals surface area contributed by atoms with Crippen molar-refractivity contribution in [1.29, 1.82) is 0 Å². The third-order valence-electron chi connectivity index (χ3n) is 4.03. The molecule has 1 aliphatic rings. The molecule has 0 atom stereocenters. The van der Waals surface area contributed by atoms with Gasteiger partial charge in [-0.25, -0.2) is 0 Å². The molecule has 3 rings (SSSR count). The molecule has 0 saturated carbocycles. The topological polar surface area (TPSA) is 51.1 Å². The Morgan fingerprint density at radius 1 is 1.11 bits per heavy atom. The van der Waals surface area contributed by atoms with Crippen molar-refractivity contribution in [3.63, 3.8) is 0 Å². The van der Waals surface area contributed by atoms with Crippen LogP contribution < -0.4 is 9.47 Å². The Morgan fingerprint density at radius 2 is 1.89 bits per heavy atom. The summed E-state index contributed by atoms with van der Waals surface area (Å²) in [5.41, 5.74) is 1.54. The first-order chi connectivity index (χ1) is 13.0. The molecule has 0 aliphatic carbocycles. The third-order valence-corrected chi connectivity index (χ3v) is 5.85. The number of rotatable bonds is 5. The van der Waals surface area contributed by atoms with Crippen molar-refractivity contribution < 1.29 is 14.3 Å². The minimum Gasteiger partial charge on any atom is -0.493 e. The number of hydrogen-bond acceptors (Lipinski definition) is 5. The average Bonchev–Trinajstić information content (AvgIpc) is 3.16. The number of amides is 1. The quantitative estimate of drug-likeness (QED) is 0.694. The standard InChI is InChI=1S/C19H18Cl2N2O3S/c1-25-16-6-4-13(10-17(16)26-2)18(24)23-8-7-22-19(23)27-11-12-3-5-14(20)15(21)9-12/h3-6,9-10H,7-8,11H2,1-2H3. The molecule has 0 N–H and O–H groups in total. The highest BCUT2D eigenvalue weighted by molar-refractivity contribution is 8.13. The number of methoxy groups -OCH3 is 2. The summed E-state index contributed by atoms with van der Waals surface area (Å²) in [5.74, 6) is 1.63. The largest absolute Gasteiger partial charge is 0.493 e. The lowest BCUT2D eigenvalue weighted by molar-refractivity contribution is 0.0860. The molecule has 0 bridgehead atoms. The van der Waals surface area contributed by atoms with Crippen LogP contribution in [0, 0.1) is 0 Å². The van der Waals surface area contributed by atoms with Crippen LogP contribution >= 0.6 is 35.0 Å². The normalized spacial score (nSPS) is 13.5. The number of hydrogen-bond donors (Lipinski definition) is 0. The minimum atomic E-state index is -0.117. The van der Waals surface area contributed by atoms with Gasteiger partial charge < -0.3 is 9.47 Å². The number of carbonyl (C=O) groups is 1. The Labute approximate surface area is 172 Å². The lowest BCUT2D eigenvalue weighted by atomic mass is 10.2. The van der Waals surface area contributed by atoms with Crippen molar-refractivity contribution >= 4 is 46.0 Å². The molecule has 2 aromatic rings. The van der Waals surface area contributed by atoms with Crippen molar-refractivity contribution in [2.45, 2.75) is 5.75 Å². The number of thioether (sulfide) groups is 1. The maximum atomic E-state index is 12.9. The maximum absolute atomic E-state index is 12.9. The van der Waals surface area contributed by atoms with Crippen LogP contribution in [-0.4, -0.2) is 43.3 Å². The highest BCUT2D eigenvalue weighted by Gasteiger charge is 2.26. The predicted octanol–water partition coefficient (Wildman–Crippen LogP) is 4.76. The molecule has 1 heterocycles. The molecule has 0 unspecified atom stereocenters. The molecule has 1 aliphatic heterocycles. The number of carbonyl (C=O) groups excluding carboxylic acids is 1. The molecule has 0 fully saturated rings. The van der Waals surface area contributed by atoms with Crippen LogP contribution in [-0.2, 0) is 5.75 Å². The lowest BCUT2D eigenvalue weighted by Crippen LogP contribution is -2.32. The van der Waals surface area contributed by atoms with E-state index in [1.807, 2.05) is 12.1 Å². The van der Waals surface area contributed by atoms with Gasteiger partial charge >= 0.3 is 0 Å². The minimum absolute atomic E-state index is 0.117.